The van der Waals surface area contributed by atoms with E-state index in [4.69, 9.17) is 0 Å². The second-order valence-electron chi connectivity index (χ2n) is 6.52. The molecule has 3 unspecified atom stereocenters. The van der Waals surface area contributed by atoms with Gasteiger partial charge in [0.25, 0.3) is 0 Å². The van der Waals surface area contributed by atoms with Crippen LogP contribution in [0, 0.1) is 12.3 Å². The van der Waals surface area contributed by atoms with Gasteiger partial charge in [-0.1, -0.05) is 45.4 Å². The minimum absolute atomic E-state index is 0.220. The van der Waals surface area contributed by atoms with Crippen molar-refractivity contribution in [3.63, 3.8) is 0 Å². The van der Waals surface area contributed by atoms with Crippen LogP contribution in [0.3, 0.4) is 0 Å². The highest BCUT2D eigenvalue weighted by Crippen LogP contribution is 2.39. The van der Waals surface area contributed by atoms with Gasteiger partial charge in [0.2, 0.25) is 0 Å². The van der Waals surface area contributed by atoms with Crippen LogP contribution in [0.4, 0.5) is 0 Å². The predicted molar refractivity (Wildman–Crippen MR) is 86.5 cm³/mol. The number of benzene rings is 1. The third kappa shape index (κ3) is 3.15. The first-order valence-corrected chi connectivity index (χ1v) is 8.88. The molecule has 0 spiro atoms. The zero-order valence-corrected chi connectivity index (χ0v) is 13.9. The molecule has 1 saturated carbocycles. The Labute approximate surface area is 125 Å². The van der Waals surface area contributed by atoms with Crippen LogP contribution in [0.25, 0.3) is 0 Å². The molecule has 0 aliphatic heterocycles. The molecule has 3 heteroatoms. The molecule has 0 aromatic heterocycles. The van der Waals surface area contributed by atoms with E-state index in [1.54, 1.807) is 0 Å². The van der Waals surface area contributed by atoms with Gasteiger partial charge in [-0.05, 0) is 43.4 Å². The Morgan fingerprint density at radius 2 is 2.05 bits per heavy atom. The third-order valence-electron chi connectivity index (χ3n) is 4.53. The molecule has 0 amide bonds. The molecular weight excluding hydrogens is 266 g/mol. The Kier molecular flexibility index (Phi) is 5.03. The number of hydrogen-bond donors (Lipinski definition) is 1. The maximum atomic E-state index is 13.1. The second-order valence-corrected chi connectivity index (χ2v) is 8.16. The Morgan fingerprint density at radius 1 is 1.35 bits per heavy atom. The molecule has 112 valence electrons. The van der Waals surface area contributed by atoms with E-state index in [9.17, 15) is 4.21 Å². The summed E-state index contributed by atoms with van der Waals surface area (Å²) in [5.74, 6) is 0. The van der Waals surface area contributed by atoms with Gasteiger partial charge in [-0.25, -0.2) is 0 Å². The Morgan fingerprint density at radius 3 is 2.70 bits per heavy atom. The second kappa shape index (κ2) is 6.40. The molecule has 1 aliphatic rings. The van der Waals surface area contributed by atoms with Gasteiger partial charge >= 0.3 is 0 Å². The van der Waals surface area contributed by atoms with Crippen molar-refractivity contribution in [2.24, 2.45) is 5.41 Å². The van der Waals surface area contributed by atoms with E-state index >= 15 is 0 Å². The molecule has 0 bridgehead atoms. The summed E-state index contributed by atoms with van der Waals surface area (Å²) in [5.41, 5.74) is 1.36. The first kappa shape index (κ1) is 15.7. The van der Waals surface area contributed by atoms with Crippen molar-refractivity contribution in [2.75, 3.05) is 6.54 Å². The van der Waals surface area contributed by atoms with E-state index in [1.165, 1.54) is 12.8 Å². The van der Waals surface area contributed by atoms with Crippen LogP contribution in [-0.4, -0.2) is 22.0 Å². The smallest absolute Gasteiger partial charge is 0.0579 e. The van der Waals surface area contributed by atoms with E-state index in [1.807, 2.05) is 18.2 Å². The predicted octanol–water partition coefficient (Wildman–Crippen LogP) is 3.66. The van der Waals surface area contributed by atoms with Crippen LogP contribution in [0.15, 0.2) is 29.2 Å². The van der Waals surface area contributed by atoms with Gasteiger partial charge in [0.15, 0.2) is 0 Å². The summed E-state index contributed by atoms with van der Waals surface area (Å²) >= 11 is 0. The van der Waals surface area contributed by atoms with E-state index in [2.05, 4.69) is 39.1 Å². The van der Waals surface area contributed by atoms with E-state index in [-0.39, 0.29) is 10.7 Å². The van der Waals surface area contributed by atoms with E-state index in [0.29, 0.717) is 6.04 Å². The highest BCUT2D eigenvalue weighted by molar-refractivity contribution is 7.85. The minimum atomic E-state index is -0.922. The van der Waals surface area contributed by atoms with Gasteiger partial charge < -0.3 is 5.32 Å². The number of nitrogens with one attached hydrogen (secondary N) is 1. The highest BCUT2D eigenvalue weighted by Gasteiger charge is 2.41. The Hall–Kier alpha value is -0.670. The maximum Gasteiger partial charge on any atom is 0.0579 e. The summed E-state index contributed by atoms with van der Waals surface area (Å²) in [6.07, 6.45) is 3.45. The molecule has 0 heterocycles. The van der Waals surface area contributed by atoms with Crippen LogP contribution in [-0.2, 0) is 10.8 Å². The van der Waals surface area contributed by atoms with Gasteiger partial charge in [-0.15, -0.1) is 0 Å². The molecule has 1 N–H and O–H groups in total. The summed E-state index contributed by atoms with van der Waals surface area (Å²) in [6, 6.07) is 8.43. The molecule has 3 atom stereocenters. The van der Waals surface area contributed by atoms with Crippen molar-refractivity contribution in [1.82, 2.24) is 5.32 Å². The molecule has 20 heavy (non-hydrogen) atoms. The topological polar surface area (TPSA) is 29.1 Å². The lowest BCUT2D eigenvalue weighted by molar-refractivity contribution is 0.174. The van der Waals surface area contributed by atoms with Gasteiger partial charge in [0, 0.05) is 10.9 Å². The summed E-state index contributed by atoms with van der Waals surface area (Å²) < 4.78 is 13.1. The van der Waals surface area contributed by atoms with E-state index in [0.717, 1.165) is 23.4 Å². The zero-order valence-electron chi connectivity index (χ0n) is 13.1. The van der Waals surface area contributed by atoms with Crippen molar-refractivity contribution in [2.45, 2.75) is 63.1 Å². The van der Waals surface area contributed by atoms with Crippen LogP contribution in [0.5, 0.6) is 0 Å². The van der Waals surface area contributed by atoms with Gasteiger partial charge in [-0.3, -0.25) is 4.21 Å². The fourth-order valence-electron chi connectivity index (χ4n) is 3.39. The normalized spacial score (nSPS) is 27.2. The number of aryl methyl sites for hydroxylation is 1. The fourth-order valence-corrected chi connectivity index (χ4v) is 5.40. The standard InChI is InChI=1S/C17H27NOS/c1-5-18-16-15(11-8-12-17(16,3)4)20(19)14-10-7-6-9-13(14)2/h6-7,9-10,15-16,18H,5,8,11-12H2,1-4H3. The van der Waals surface area contributed by atoms with Crippen LogP contribution < -0.4 is 5.32 Å². The minimum Gasteiger partial charge on any atom is -0.313 e. The summed E-state index contributed by atoms with van der Waals surface area (Å²) in [6.45, 7) is 9.75. The van der Waals surface area contributed by atoms with Gasteiger partial charge in [-0.2, -0.15) is 0 Å². The average molecular weight is 293 g/mol. The first-order valence-electron chi connectivity index (χ1n) is 7.67. The zero-order chi connectivity index (χ0) is 14.8. The van der Waals surface area contributed by atoms with Crippen molar-refractivity contribution >= 4 is 10.8 Å². The SMILES string of the molecule is CCNC1C(S(=O)c2ccccc2C)CCCC1(C)C. The Balaban J connectivity index is 2.29. The van der Waals surface area contributed by atoms with Gasteiger partial charge in [0.1, 0.15) is 0 Å². The molecule has 1 aliphatic carbocycles. The monoisotopic (exact) mass is 293 g/mol. The molecule has 1 aromatic carbocycles. The molecule has 0 radical (unpaired) electrons. The summed E-state index contributed by atoms with van der Waals surface area (Å²) in [7, 11) is -0.922. The Bertz CT molecular complexity index is 484. The largest absolute Gasteiger partial charge is 0.313 e. The molecule has 1 fully saturated rings. The number of hydrogen-bond acceptors (Lipinski definition) is 2. The van der Waals surface area contributed by atoms with Crippen molar-refractivity contribution < 1.29 is 4.21 Å². The fraction of sp³-hybridized carbons (Fsp3) is 0.647. The molecule has 2 nitrogen and oxygen atoms in total. The lowest BCUT2D eigenvalue weighted by Gasteiger charge is -2.44. The lowest BCUT2D eigenvalue weighted by Crippen LogP contribution is -2.54. The molecule has 1 aromatic rings. The quantitative estimate of drug-likeness (QED) is 0.918. The van der Waals surface area contributed by atoms with Crippen LogP contribution in [0.1, 0.15) is 45.6 Å². The maximum absolute atomic E-state index is 13.1. The molecule has 0 saturated heterocycles. The summed E-state index contributed by atoms with van der Waals surface area (Å²) in [5, 5.41) is 3.82. The molecule has 2 rings (SSSR count). The first-order chi connectivity index (χ1) is 9.47. The van der Waals surface area contributed by atoms with Crippen molar-refractivity contribution in [1.29, 1.82) is 0 Å². The van der Waals surface area contributed by atoms with Crippen LogP contribution >= 0.6 is 0 Å². The highest BCUT2D eigenvalue weighted by atomic mass is 32.2. The van der Waals surface area contributed by atoms with Crippen molar-refractivity contribution in [3.05, 3.63) is 29.8 Å². The van der Waals surface area contributed by atoms with Crippen molar-refractivity contribution in [3.8, 4) is 0 Å². The van der Waals surface area contributed by atoms with E-state index < -0.39 is 10.8 Å². The summed E-state index contributed by atoms with van der Waals surface area (Å²) in [4.78, 5) is 1.01. The third-order valence-corrected chi connectivity index (χ3v) is 6.48. The average Bonchev–Trinajstić information content (AvgIpc) is 2.41. The van der Waals surface area contributed by atoms with Crippen LogP contribution in [0.2, 0.25) is 0 Å². The van der Waals surface area contributed by atoms with Gasteiger partial charge in [0.05, 0.1) is 16.0 Å². The number of rotatable bonds is 4. The lowest BCUT2D eigenvalue weighted by atomic mass is 9.73. The molecular formula is C17H27NOS.